The highest BCUT2D eigenvalue weighted by Gasteiger charge is 2.18. The van der Waals surface area contributed by atoms with Gasteiger partial charge in [-0.15, -0.1) is 6.58 Å². The summed E-state index contributed by atoms with van der Waals surface area (Å²) < 4.78 is 10.6. The van der Waals surface area contributed by atoms with Crippen LogP contribution in [0.3, 0.4) is 0 Å². The van der Waals surface area contributed by atoms with Gasteiger partial charge in [-0.1, -0.05) is 24.3 Å². The molecule has 1 atom stereocenters. The number of carbonyl (C=O) groups excluding carboxylic acids is 1. The molecular formula is C19H21NO4. The zero-order chi connectivity index (χ0) is 17.5. The Kier molecular flexibility index (Phi) is 5.98. The molecule has 0 aliphatic rings. The third-order valence-electron chi connectivity index (χ3n) is 3.51. The van der Waals surface area contributed by atoms with Gasteiger partial charge in [0.25, 0.3) is 0 Å². The van der Waals surface area contributed by atoms with Crippen LogP contribution in [-0.2, 0) is 17.6 Å². The first kappa shape index (κ1) is 17.6. The molecule has 0 fully saturated rings. The van der Waals surface area contributed by atoms with E-state index in [0.717, 1.165) is 11.1 Å². The number of hydrogen-bond acceptors (Lipinski definition) is 5. The number of esters is 1. The quantitative estimate of drug-likeness (QED) is 0.464. The highest BCUT2D eigenvalue weighted by Crippen LogP contribution is 2.28. The molecule has 2 rings (SSSR count). The molecule has 0 aromatic heterocycles. The normalized spacial score (nSPS) is 11.6. The zero-order valence-electron chi connectivity index (χ0n) is 13.6. The van der Waals surface area contributed by atoms with E-state index in [0.29, 0.717) is 24.3 Å². The Balaban J connectivity index is 2.05. The molecule has 0 saturated carbocycles. The van der Waals surface area contributed by atoms with Crippen LogP contribution in [0.1, 0.15) is 11.1 Å². The maximum atomic E-state index is 12.2. The van der Waals surface area contributed by atoms with E-state index >= 15 is 0 Å². The molecule has 0 aliphatic carbocycles. The van der Waals surface area contributed by atoms with Gasteiger partial charge in [0, 0.05) is 0 Å². The average Bonchev–Trinajstić information content (AvgIpc) is 2.58. The van der Waals surface area contributed by atoms with Crippen molar-refractivity contribution < 1.29 is 19.4 Å². The van der Waals surface area contributed by atoms with Gasteiger partial charge in [-0.2, -0.15) is 0 Å². The molecule has 5 heteroatoms. The number of ether oxygens (including phenoxy) is 2. The number of phenols is 1. The average molecular weight is 327 g/mol. The van der Waals surface area contributed by atoms with Crippen LogP contribution in [0, 0.1) is 0 Å². The van der Waals surface area contributed by atoms with E-state index in [1.807, 2.05) is 6.07 Å². The van der Waals surface area contributed by atoms with Gasteiger partial charge in [-0.05, 0) is 48.2 Å². The molecule has 0 unspecified atom stereocenters. The number of hydrogen-bond donors (Lipinski definition) is 2. The largest absolute Gasteiger partial charge is 0.508 e. The van der Waals surface area contributed by atoms with Crippen molar-refractivity contribution in [3.8, 4) is 17.2 Å². The van der Waals surface area contributed by atoms with Crippen molar-refractivity contribution in [2.75, 3.05) is 7.11 Å². The Labute approximate surface area is 141 Å². The number of phenolic OH excluding ortho intramolecular Hbond substituents is 1. The maximum absolute atomic E-state index is 12.2. The Morgan fingerprint density at radius 3 is 2.50 bits per heavy atom. The second-order valence-electron chi connectivity index (χ2n) is 5.38. The van der Waals surface area contributed by atoms with Crippen LogP contribution in [0.4, 0.5) is 0 Å². The van der Waals surface area contributed by atoms with Gasteiger partial charge in [0.1, 0.15) is 11.8 Å². The van der Waals surface area contributed by atoms with Crippen molar-refractivity contribution in [2.24, 2.45) is 5.73 Å². The minimum atomic E-state index is -0.813. The van der Waals surface area contributed by atoms with Gasteiger partial charge in [0.15, 0.2) is 11.5 Å². The first-order valence-corrected chi connectivity index (χ1v) is 7.56. The Morgan fingerprint density at radius 2 is 1.88 bits per heavy atom. The Bertz CT molecular complexity index is 710. The second kappa shape index (κ2) is 8.17. The fourth-order valence-corrected chi connectivity index (χ4v) is 2.24. The van der Waals surface area contributed by atoms with Crippen LogP contribution >= 0.6 is 0 Å². The molecule has 0 bridgehead atoms. The van der Waals surface area contributed by atoms with Crippen LogP contribution < -0.4 is 15.2 Å². The van der Waals surface area contributed by atoms with Crippen molar-refractivity contribution >= 4 is 5.97 Å². The molecule has 2 aromatic carbocycles. The molecule has 3 N–H and O–H groups in total. The third kappa shape index (κ3) is 4.60. The lowest BCUT2D eigenvalue weighted by Gasteiger charge is -2.14. The molecule has 0 amide bonds. The number of nitrogens with two attached hydrogens (primary N) is 1. The van der Waals surface area contributed by atoms with Crippen molar-refractivity contribution in [3.63, 3.8) is 0 Å². The SMILES string of the molecule is C=CCc1ccc(OC(=O)[C@@H](N)Cc2ccc(O)cc2)c(OC)c1. The third-order valence-corrected chi connectivity index (χ3v) is 3.51. The molecular weight excluding hydrogens is 306 g/mol. The zero-order valence-corrected chi connectivity index (χ0v) is 13.6. The van der Waals surface area contributed by atoms with E-state index in [4.69, 9.17) is 15.2 Å². The van der Waals surface area contributed by atoms with E-state index < -0.39 is 12.0 Å². The summed E-state index contributed by atoms with van der Waals surface area (Å²) in [5, 5.41) is 9.27. The predicted octanol–water partition coefficient (Wildman–Crippen LogP) is 2.60. The van der Waals surface area contributed by atoms with Gasteiger partial charge in [-0.25, -0.2) is 4.79 Å². The lowest BCUT2D eigenvalue weighted by Crippen LogP contribution is -2.36. The monoisotopic (exact) mass is 327 g/mol. The fraction of sp³-hybridized carbons (Fsp3) is 0.211. The van der Waals surface area contributed by atoms with Crippen molar-refractivity contribution in [1.29, 1.82) is 0 Å². The van der Waals surface area contributed by atoms with Crippen molar-refractivity contribution in [1.82, 2.24) is 0 Å². The van der Waals surface area contributed by atoms with Gasteiger partial charge in [0.05, 0.1) is 7.11 Å². The lowest BCUT2D eigenvalue weighted by atomic mass is 10.1. The van der Waals surface area contributed by atoms with E-state index in [1.54, 1.807) is 42.5 Å². The van der Waals surface area contributed by atoms with Crippen LogP contribution in [0.25, 0.3) is 0 Å². The van der Waals surface area contributed by atoms with E-state index in [-0.39, 0.29) is 5.75 Å². The van der Waals surface area contributed by atoms with Crippen molar-refractivity contribution in [2.45, 2.75) is 18.9 Å². The lowest BCUT2D eigenvalue weighted by molar-refractivity contribution is -0.135. The summed E-state index contributed by atoms with van der Waals surface area (Å²) in [6.45, 7) is 3.69. The number of rotatable bonds is 7. The number of carbonyl (C=O) groups is 1. The van der Waals surface area contributed by atoms with Crippen molar-refractivity contribution in [3.05, 3.63) is 66.2 Å². The number of aromatic hydroxyl groups is 1. The summed E-state index contributed by atoms with van der Waals surface area (Å²) in [6, 6.07) is 11.0. The maximum Gasteiger partial charge on any atom is 0.328 e. The molecule has 24 heavy (non-hydrogen) atoms. The van der Waals surface area contributed by atoms with E-state index in [2.05, 4.69) is 6.58 Å². The molecule has 0 saturated heterocycles. The summed E-state index contributed by atoms with van der Waals surface area (Å²) in [4.78, 5) is 12.2. The second-order valence-corrected chi connectivity index (χ2v) is 5.38. The van der Waals surface area contributed by atoms with Crippen LogP contribution in [0.5, 0.6) is 17.2 Å². The first-order chi connectivity index (χ1) is 11.5. The van der Waals surface area contributed by atoms with E-state index in [1.165, 1.54) is 7.11 Å². The topological polar surface area (TPSA) is 81.8 Å². The molecule has 0 aliphatic heterocycles. The smallest absolute Gasteiger partial charge is 0.328 e. The minimum Gasteiger partial charge on any atom is -0.508 e. The fourth-order valence-electron chi connectivity index (χ4n) is 2.24. The molecule has 0 heterocycles. The summed E-state index contributed by atoms with van der Waals surface area (Å²) in [6.07, 6.45) is 2.80. The molecule has 0 radical (unpaired) electrons. The Hall–Kier alpha value is -2.79. The first-order valence-electron chi connectivity index (χ1n) is 7.56. The highest BCUT2D eigenvalue weighted by molar-refractivity contribution is 5.79. The molecule has 126 valence electrons. The highest BCUT2D eigenvalue weighted by atomic mass is 16.6. The standard InChI is InChI=1S/C19H21NO4/c1-3-4-13-7-10-17(18(12-13)23-2)24-19(22)16(20)11-14-5-8-15(21)9-6-14/h3,5-10,12,16,21H,1,4,11,20H2,2H3/t16-/m0/s1. The molecule has 2 aromatic rings. The van der Waals surface area contributed by atoms with Gasteiger partial charge in [-0.3, -0.25) is 0 Å². The van der Waals surface area contributed by atoms with Crippen LogP contribution in [0.15, 0.2) is 55.1 Å². The van der Waals surface area contributed by atoms with E-state index in [9.17, 15) is 9.90 Å². The number of methoxy groups -OCH3 is 1. The summed E-state index contributed by atoms with van der Waals surface area (Å²) in [5.41, 5.74) is 7.76. The van der Waals surface area contributed by atoms with Gasteiger partial charge < -0.3 is 20.3 Å². The van der Waals surface area contributed by atoms with Crippen LogP contribution in [0.2, 0.25) is 0 Å². The Morgan fingerprint density at radius 1 is 1.21 bits per heavy atom. The predicted molar refractivity (Wildman–Crippen MR) is 92.3 cm³/mol. The van der Waals surface area contributed by atoms with Gasteiger partial charge >= 0.3 is 5.97 Å². The summed E-state index contributed by atoms with van der Waals surface area (Å²) in [7, 11) is 1.51. The minimum absolute atomic E-state index is 0.166. The van der Waals surface area contributed by atoms with Gasteiger partial charge in [0.2, 0.25) is 0 Å². The molecule has 0 spiro atoms. The number of benzene rings is 2. The van der Waals surface area contributed by atoms with Crippen LogP contribution in [-0.4, -0.2) is 24.2 Å². The summed E-state index contributed by atoms with van der Waals surface area (Å²) >= 11 is 0. The number of allylic oxidation sites excluding steroid dienone is 1. The molecule has 5 nitrogen and oxygen atoms in total. The summed E-state index contributed by atoms with van der Waals surface area (Å²) in [5.74, 6) is 0.424.